The van der Waals surface area contributed by atoms with E-state index in [1.165, 1.54) is 12.8 Å². The Balaban J connectivity index is 1.82. The lowest BCUT2D eigenvalue weighted by atomic mass is 9.77. The van der Waals surface area contributed by atoms with E-state index in [1.54, 1.807) is 16.4 Å². The summed E-state index contributed by atoms with van der Waals surface area (Å²) in [5.74, 6) is 0.702. The molecule has 23 heavy (non-hydrogen) atoms. The highest BCUT2D eigenvalue weighted by Crippen LogP contribution is 2.39. The second-order valence-electron chi connectivity index (χ2n) is 6.97. The van der Waals surface area contributed by atoms with Crippen molar-refractivity contribution in [2.75, 3.05) is 13.1 Å². The van der Waals surface area contributed by atoms with Gasteiger partial charge in [0.05, 0.1) is 4.90 Å². The highest BCUT2D eigenvalue weighted by Gasteiger charge is 2.39. The Labute approximate surface area is 138 Å². The molecule has 1 aliphatic carbocycles. The minimum Gasteiger partial charge on any atom is -0.303 e. The largest absolute Gasteiger partial charge is 0.303 e. The van der Waals surface area contributed by atoms with Gasteiger partial charge in [0.2, 0.25) is 10.0 Å². The van der Waals surface area contributed by atoms with Crippen LogP contribution in [0.15, 0.2) is 29.2 Å². The van der Waals surface area contributed by atoms with Crippen LogP contribution in [0.4, 0.5) is 0 Å². The number of rotatable bonds is 4. The number of nitrogens with zero attached hydrogens (tertiary/aromatic N) is 1. The molecule has 0 N–H and O–H groups in total. The fraction of sp³-hybridized carbons (Fsp3) is 0.611. The van der Waals surface area contributed by atoms with Crippen molar-refractivity contribution in [3.05, 3.63) is 29.8 Å². The number of hydrogen-bond donors (Lipinski definition) is 0. The summed E-state index contributed by atoms with van der Waals surface area (Å²) in [6.45, 7) is 2.88. The number of aryl methyl sites for hydroxylation is 1. The van der Waals surface area contributed by atoms with E-state index in [4.69, 9.17) is 0 Å². The molecule has 1 aromatic rings. The van der Waals surface area contributed by atoms with Gasteiger partial charge in [-0.15, -0.1) is 0 Å². The SMILES string of the molecule is Cc1ccc(S(=O)(=O)N2CC[C@H](C=O)[C@@H](C3CCCC3)C2)cc1. The summed E-state index contributed by atoms with van der Waals surface area (Å²) in [7, 11) is -3.46. The van der Waals surface area contributed by atoms with Crippen LogP contribution in [0.1, 0.15) is 37.7 Å². The lowest BCUT2D eigenvalue weighted by molar-refractivity contribution is -0.114. The first-order valence-corrected chi connectivity index (χ1v) is 9.98. The number of piperidine rings is 1. The molecule has 1 heterocycles. The van der Waals surface area contributed by atoms with Crippen molar-refractivity contribution < 1.29 is 13.2 Å². The third-order valence-electron chi connectivity index (χ3n) is 5.52. The van der Waals surface area contributed by atoms with Crippen molar-refractivity contribution in [3.8, 4) is 0 Å². The van der Waals surface area contributed by atoms with E-state index < -0.39 is 10.0 Å². The first-order chi connectivity index (χ1) is 11.0. The first kappa shape index (κ1) is 16.7. The van der Waals surface area contributed by atoms with Gasteiger partial charge in [-0.1, -0.05) is 43.4 Å². The topological polar surface area (TPSA) is 54.5 Å². The van der Waals surface area contributed by atoms with Gasteiger partial charge >= 0.3 is 0 Å². The zero-order valence-electron chi connectivity index (χ0n) is 13.6. The molecule has 0 radical (unpaired) electrons. The Morgan fingerprint density at radius 2 is 1.74 bits per heavy atom. The van der Waals surface area contributed by atoms with Crippen LogP contribution < -0.4 is 0 Å². The van der Waals surface area contributed by atoms with Gasteiger partial charge < -0.3 is 4.79 Å². The minimum atomic E-state index is -3.46. The van der Waals surface area contributed by atoms with Crippen molar-refractivity contribution in [1.29, 1.82) is 0 Å². The van der Waals surface area contributed by atoms with Crippen molar-refractivity contribution in [2.45, 2.75) is 43.9 Å². The molecule has 1 aliphatic heterocycles. The third kappa shape index (κ3) is 3.36. The van der Waals surface area contributed by atoms with Gasteiger partial charge in [-0.2, -0.15) is 4.31 Å². The van der Waals surface area contributed by atoms with Crippen LogP contribution >= 0.6 is 0 Å². The predicted molar refractivity (Wildman–Crippen MR) is 89.6 cm³/mol. The zero-order valence-corrected chi connectivity index (χ0v) is 14.5. The maximum Gasteiger partial charge on any atom is 0.243 e. The summed E-state index contributed by atoms with van der Waals surface area (Å²) in [4.78, 5) is 11.8. The number of benzene rings is 1. The maximum absolute atomic E-state index is 12.9. The fourth-order valence-electron chi connectivity index (χ4n) is 4.10. The van der Waals surface area contributed by atoms with E-state index >= 15 is 0 Å². The van der Waals surface area contributed by atoms with Crippen LogP contribution in [0.3, 0.4) is 0 Å². The summed E-state index contributed by atoms with van der Waals surface area (Å²) >= 11 is 0. The second kappa shape index (κ2) is 6.73. The molecule has 1 saturated carbocycles. The van der Waals surface area contributed by atoms with Crippen LogP contribution in [-0.4, -0.2) is 32.1 Å². The molecule has 5 heteroatoms. The molecule has 4 nitrogen and oxygen atoms in total. The van der Waals surface area contributed by atoms with E-state index in [0.717, 1.165) is 24.7 Å². The van der Waals surface area contributed by atoms with Crippen LogP contribution in [0.5, 0.6) is 0 Å². The Morgan fingerprint density at radius 1 is 1.09 bits per heavy atom. The minimum absolute atomic E-state index is 0.0163. The van der Waals surface area contributed by atoms with Gasteiger partial charge in [0.25, 0.3) is 0 Å². The van der Waals surface area contributed by atoms with Gasteiger partial charge in [0.15, 0.2) is 0 Å². The second-order valence-corrected chi connectivity index (χ2v) is 8.91. The lowest BCUT2D eigenvalue weighted by Crippen LogP contribution is -2.46. The normalized spacial score (nSPS) is 27.2. The molecule has 0 bridgehead atoms. The van der Waals surface area contributed by atoms with Gasteiger partial charge in [-0.05, 0) is 37.3 Å². The molecule has 2 atom stereocenters. The average Bonchev–Trinajstić information content (AvgIpc) is 3.09. The molecule has 3 rings (SSSR count). The van der Waals surface area contributed by atoms with Crippen molar-refractivity contribution in [1.82, 2.24) is 4.31 Å². The van der Waals surface area contributed by atoms with E-state index in [9.17, 15) is 13.2 Å². The molecule has 2 fully saturated rings. The Morgan fingerprint density at radius 3 is 2.35 bits per heavy atom. The monoisotopic (exact) mass is 335 g/mol. The standard InChI is InChI=1S/C18H25NO3S/c1-14-6-8-17(9-7-14)23(21,22)19-11-10-16(13-20)18(12-19)15-4-2-3-5-15/h6-9,13,15-16,18H,2-5,10-12H2,1H3/t16-,18-/m1/s1. The lowest BCUT2D eigenvalue weighted by Gasteiger charge is -2.38. The number of sulfonamides is 1. The maximum atomic E-state index is 12.9. The van der Waals surface area contributed by atoms with Crippen molar-refractivity contribution in [3.63, 3.8) is 0 Å². The summed E-state index contributed by atoms with van der Waals surface area (Å²) in [6, 6.07) is 7.03. The van der Waals surface area contributed by atoms with Crippen LogP contribution in [-0.2, 0) is 14.8 Å². The van der Waals surface area contributed by atoms with E-state index in [1.807, 2.05) is 19.1 Å². The van der Waals surface area contributed by atoms with Crippen molar-refractivity contribution >= 4 is 16.3 Å². The summed E-state index contributed by atoms with van der Waals surface area (Å²) in [5.41, 5.74) is 1.05. The van der Waals surface area contributed by atoms with Gasteiger partial charge in [-0.25, -0.2) is 8.42 Å². The van der Waals surface area contributed by atoms with Crippen LogP contribution in [0.25, 0.3) is 0 Å². The Kier molecular flexibility index (Phi) is 4.87. The van der Waals surface area contributed by atoms with E-state index in [-0.39, 0.29) is 11.8 Å². The summed E-state index contributed by atoms with van der Waals surface area (Å²) in [5, 5.41) is 0. The van der Waals surface area contributed by atoms with E-state index in [0.29, 0.717) is 30.3 Å². The molecule has 2 aliphatic rings. The highest BCUT2D eigenvalue weighted by molar-refractivity contribution is 7.89. The molecule has 1 saturated heterocycles. The van der Waals surface area contributed by atoms with E-state index in [2.05, 4.69) is 0 Å². The Bertz CT molecular complexity index is 647. The molecule has 0 spiro atoms. The van der Waals surface area contributed by atoms with Crippen LogP contribution in [0, 0.1) is 24.7 Å². The molecule has 0 amide bonds. The molecule has 0 unspecified atom stereocenters. The highest BCUT2D eigenvalue weighted by atomic mass is 32.2. The zero-order chi connectivity index (χ0) is 16.4. The molecule has 1 aromatic carbocycles. The van der Waals surface area contributed by atoms with Gasteiger partial charge in [0, 0.05) is 19.0 Å². The third-order valence-corrected chi connectivity index (χ3v) is 7.39. The molecule has 0 aromatic heterocycles. The van der Waals surface area contributed by atoms with Gasteiger partial charge in [-0.3, -0.25) is 0 Å². The quantitative estimate of drug-likeness (QED) is 0.795. The number of carbonyl (C=O) groups excluding carboxylic acids is 1. The number of aldehydes is 1. The predicted octanol–water partition coefficient (Wildman–Crippen LogP) is 3.01. The number of carbonyl (C=O) groups is 1. The molecular weight excluding hydrogens is 310 g/mol. The summed E-state index contributed by atoms with van der Waals surface area (Å²) in [6.07, 6.45) is 6.38. The average molecular weight is 335 g/mol. The molecule has 126 valence electrons. The first-order valence-electron chi connectivity index (χ1n) is 8.54. The smallest absolute Gasteiger partial charge is 0.243 e. The van der Waals surface area contributed by atoms with Crippen LogP contribution in [0.2, 0.25) is 0 Å². The number of hydrogen-bond acceptors (Lipinski definition) is 3. The van der Waals surface area contributed by atoms with Gasteiger partial charge in [0.1, 0.15) is 6.29 Å². The fourth-order valence-corrected chi connectivity index (χ4v) is 5.59. The summed E-state index contributed by atoms with van der Waals surface area (Å²) < 4.78 is 27.4. The van der Waals surface area contributed by atoms with Crippen molar-refractivity contribution in [2.24, 2.45) is 17.8 Å². The molecular formula is C18H25NO3S. The Hall–Kier alpha value is -1.20.